The third kappa shape index (κ3) is 4.81. The molecule has 0 atom stereocenters. The molecule has 0 aliphatic carbocycles. The number of halogens is 3. The Morgan fingerprint density at radius 3 is 2.64 bits per heavy atom. The average molecular weight is 204 g/mol. The van der Waals surface area contributed by atoms with Gasteiger partial charge in [0, 0.05) is 19.3 Å². The summed E-state index contributed by atoms with van der Waals surface area (Å²) in [6.07, 6.45) is -3.28. The van der Waals surface area contributed by atoms with E-state index in [1.807, 2.05) is 0 Å². The van der Waals surface area contributed by atoms with Crippen LogP contribution < -0.4 is 5.32 Å². The predicted octanol–water partition coefficient (Wildman–Crippen LogP) is 2.12. The van der Waals surface area contributed by atoms with Crippen LogP contribution in [0.2, 0.25) is 0 Å². The fraction of sp³-hybridized carbons (Fsp3) is 0.444. The van der Waals surface area contributed by atoms with E-state index in [0.717, 1.165) is 5.69 Å². The van der Waals surface area contributed by atoms with Crippen molar-refractivity contribution in [3.8, 4) is 0 Å². The van der Waals surface area contributed by atoms with Crippen LogP contribution in [-0.2, 0) is 6.54 Å². The summed E-state index contributed by atoms with van der Waals surface area (Å²) in [7, 11) is 0. The molecule has 5 heteroatoms. The molecule has 0 aliphatic heterocycles. The van der Waals surface area contributed by atoms with E-state index < -0.39 is 12.6 Å². The molecule has 1 heterocycles. The third-order valence-corrected chi connectivity index (χ3v) is 1.62. The molecule has 2 nitrogen and oxygen atoms in total. The van der Waals surface area contributed by atoms with Gasteiger partial charge in [0.2, 0.25) is 0 Å². The van der Waals surface area contributed by atoms with Gasteiger partial charge in [-0.05, 0) is 12.1 Å². The van der Waals surface area contributed by atoms with Crippen LogP contribution in [0, 0.1) is 0 Å². The zero-order chi connectivity index (χ0) is 10.4. The van der Waals surface area contributed by atoms with Gasteiger partial charge in [0.1, 0.15) is 0 Å². The van der Waals surface area contributed by atoms with E-state index in [2.05, 4.69) is 10.3 Å². The number of hydrogen-bond acceptors (Lipinski definition) is 2. The second-order valence-electron chi connectivity index (χ2n) is 2.86. The molecule has 0 radical (unpaired) electrons. The normalized spacial score (nSPS) is 11.6. The Bertz CT molecular complexity index is 259. The van der Waals surface area contributed by atoms with Crippen LogP contribution in [0.3, 0.4) is 0 Å². The van der Waals surface area contributed by atoms with Crippen molar-refractivity contribution in [2.45, 2.75) is 19.1 Å². The molecule has 14 heavy (non-hydrogen) atoms. The highest BCUT2D eigenvalue weighted by atomic mass is 19.4. The number of pyridine rings is 1. The van der Waals surface area contributed by atoms with E-state index in [4.69, 9.17) is 0 Å². The first-order chi connectivity index (χ1) is 6.58. The zero-order valence-corrected chi connectivity index (χ0v) is 7.51. The van der Waals surface area contributed by atoms with E-state index >= 15 is 0 Å². The van der Waals surface area contributed by atoms with Crippen LogP contribution in [-0.4, -0.2) is 17.7 Å². The van der Waals surface area contributed by atoms with Crippen molar-refractivity contribution in [1.82, 2.24) is 10.3 Å². The quantitative estimate of drug-likeness (QED) is 0.760. The Morgan fingerprint density at radius 1 is 1.29 bits per heavy atom. The van der Waals surface area contributed by atoms with Gasteiger partial charge in [0.25, 0.3) is 0 Å². The van der Waals surface area contributed by atoms with Crippen molar-refractivity contribution in [1.29, 1.82) is 0 Å². The van der Waals surface area contributed by atoms with E-state index in [9.17, 15) is 13.2 Å². The van der Waals surface area contributed by atoms with E-state index in [1.54, 1.807) is 24.4 Å². The Morgan fingerprint density at radius 2 is 2.07 bits per heavy atom. The van der Waals surface area contributed by atoms with Gasteiger partial charge in [0.15, 0.2) is 0 Å². The molecular formula is C9H11F3N2. The molecule has 0 fully saturated rings. The molecule has 0 aliphatic rings. The number of hydrogen-bond donors (Lipinski definition) is 1. The SMILES string of the molecule is FC(F)(F)CCNCc1ccccn1. The maximum Gasteiger partial charge on any atom is 0.390 e. The van der Waals surface area contributed by atoms with Gasteiger partial charge in [-0.15, -0.1) is 0 Å². The second kappa shape index (κ2) is 4.95. The zero-order valence-electron chi connectivity index (χ0n) is 7.51. The average Bonchev–Trinajstić information content (AvgIpc) is 2.13. The highest BCUT2D eigenvalue weighted by Gasteiger charge is 2.25. The Labute approximate surface area is 80.2 Å². The maximum atomic E-state index is 11.7. The molecule has 1 rings (SSSR count). The maximum absolute atomic E-state index is 11.7. The molecule has 0 bridgehead atoms. The first-order valence-electron chi connectivity index (χ1n) is 4.25. The molecular weight excluding hydrogens is 193 g/mol. The summed E-state index contributed by atoms with van der Waals surface area (Å²) in [5.41, 5.74) is 0.745. The molecule has 0 amide bonds. The van der Waals surface area contributed by atoms with Crippen molar-refractivity contribution in [2.24, 2.45) is 0 Å². The van der Waals surface area contributed by atoms with Crippen molar-refractivity contribution < 1.29 is 13.2 Å². The minimum atomic E-state index is -4.09. The highest BCUT2D eigenvalue weighted by molar-refractivity contribution is 5.02. The summed E-state index contributed by atoms with van der Waals surface area (Å²) >= 11 is 0. The summed E-state index contributed by atoms with van der Waals surface area (Å²) < 4.78 is 35.2. The van der Waals surface area contributed by atoms with Crippen molar-refractivity contribution >= 4 is 0 Å². The molecule has 1 aromatic rings. The molecule has 0 spiro atoms. The van der Waals surface area contributed by atoms with Gasteiger partial charge in [-0.25, -0.2) is 0 Å². The molecule has 0 aromatic carbocycles. The first-order valence-corrected chi connectivity index (χ1v) is 4.25. The van der Waals surface area contributed by atoms with Crippen molar-refractivity contribution in [3.63, 3.8) is 0 Å². The number of nitrogens with one attached hydrogen (secondary N) is 1. The van der Waals surface area contributed by atoms with E-state index in [1.165, 1.54) is 0 Å². The van der Waals surface area contributed by atoms with Gasteiger partial charge in [-0.3, -0.25) is 4.98 Å². The standard InChI is InChI=1S/C9H11F3N2/c10-9(11,12)4-6-13-7-8-3-1-2-5-14-8/h1-3,5,13H,4,6-7H2. The Hall–Kier alpha value is -1.10. The number of aromatic nitrogens is 1. The van der Waals surface area contributed by atoms with Gasteiger partial charge in [-0.1, -0.05) is 6.07 Å². The predicted molar refractivity (Wildman–Crippen MR) is 46.6 cm³/mol. The Balaban J connectivity index is 2.17. The van der Waals surface area contributed by atoms with E-state index in [-0.39, 0.29) is 6.54 Å². The van der Waals surface area contributed by atoms with Crippen molar-refractivity contribution in [2.75, 3.05) is 6.54 Å². The van der Waals surface area contributed by atoms with Crippen LogP contribution >= 0.6 is 0 Å². The topological polar surface area (TPSA) is 24.9 Å². The minimum Gasteiger partial charge on any atom is -0.311 e. The van der Waals surface area contributed by atoms with Gasteiger partial charge < -0.3 is 5.32 Å². The minimum absolute atomic E-state index is 0.0694. The van der Waals surface area contributed by atoms with Crippen LogP contribution in [0.25, 0.3) is 0 Å². The van der Waals surface area contributed by atoms with Gasteiger partial charge in [0.05, 0.1) is 12.1 Å². The summed E-state index contributed by atoms with van der Waals surface area (Å²) in [5, 5.41) is 2.68. The molecule has 1 N–H and O–H groups in total. The lowest BCUT2D eigenvalue weighted by Crippen LogP contribution is -2.21. The molecule has 78 valence electrons. The molecule has 0 saturated carbocycles. The lowest BCUT2D eigenvalue weighted by Gasteiger charge is -2.06. The first kappa shape index (κ1) is 11.0. The fourth-order valence-electron chi connectivity index (χ4n) is 0.949. The number of rotatable bonds is 4. The monoisotopic (exact) mass is 204 g/mol. The largest absolute Gasteiger partial charge is 0.390 e. The van der Waals surface area contributed by atoms with Crippen LogP contribution in [0.4, 0.5) is 13.2 Å². The second-order valence-corrected chi connectivity index (χ2v) is 2.86. The third-order valence-electron chi connectivity index (χ3n) is 1.62. The summed E-state index contributed by atoms with van der Waals surface area (Å²) in [6, 6.07) is 5.33. The summed E-state index contributed by atoms with van der Waals surface area (Å²) in [6.45, 7) is 0.303. The van der Waals surface area contributed by atoms with Crippen molar-refractivity contribution in [3.05, 3.63) is 30.1 Å². The lowest BCUT2D eigenvalue weighted by atomic mass is 10.3. The summed E-state index contributed by atoms with van der Waals surface area (Å²) in [4.78, 5) is 3.97. The molecule has 1 aromatic heterocycles. The Kier molecular flexibility index (Phi) is 3.88. The smallest absolute Gasteiger partial charge is 0.311 e. The van der Waals surface area contributed by atoms with Crippen LogP contribution in [0.1, 0.15) is 12.1 Å². The lowest BCUT2D eigenvalue weighted by molar-refractivity contribution is -0.133. The van der Waals surface area contributed by atoms with Gasteiger partial charge in [-0.2, -0.15) is 13.2 Å². The van der Waals surface area contributed by atoms with Crippen LogP contribution in [0.5, 0.6) is 0 Å². The molecule has 0 unspecified atom stereocenters. The van der Waals surface area contributed by atoms with Gasteiger partial charge >= 0.3 is 6.18 Å². The number of alkyl halides is 3. The number of nitrogens with zero attached hydrogens (tertiary/aromatic N) is 1. The fourth-order valence-corrected chi connectivity index (χ4v) is 0.949. The summed E-state index contributed by atoms with van der Waals surface area (Å²) in [5.74, 6) is 0. The highest BCUT2D eigenvalue weighted by Crippen LogP contribution is 2.18. The van der Waals surface area contributed by atoms with Crippen LogP contribution in [0.15, 0.2) is 24.4 Å². The molecule has 0 saturated heterocycles. The van der Waals surface area contributed by atoms with E-state index in [0.29, 0.717) is 6.54 Å².